The summed E-state index contributed by atoms with van der Waals surface area (Å²) >= 11 is 0. The van der Waals surface area contributed by atoms with Gasteiger partial charge in [-0.15, -0.1) is 0 Å². The predicted octanol–water partition coefficient (Wildman–Crippen LogP) is 1.25. The lowest BCUT2D eigenvalue weighted by molar-refractivity contribution is 0.0908. The first kappa shape index (κ1) is 14.7. The molecule has 1 fully saturated rings. The zero-order valence-corrected chi connectivity index (χ0v) is 12.0. The summed E-state index contributed by atoms with van der Waals surface area (Å²) in [5.41, 5.74) is 1.12. The van der Waals surface area contributed by atoms with E-state index < -0.39 is 6.10 Å². The van der Waals surface area contributed by atoms with E-state index in [4.69, 9.17) is 0 Å². The minimum Gasteiger partial charge on any atom is -0.391 e. The predicted molar refractivity (Wildman–Crippen MR) is 76.7 cm³/mol. The van der Waals surface area contributed by atoms with Crippen LogP contribution in [0.15, 0.2) is 6.33 Å². The molecule has 0 bridgehead atoms. The summed E-state index contributed by atoms with van der Waals surface area (Å²) in [4.78, 5) is 20.3. The Labute approximate surface area is 119 Å². The minimum absolute atomic E-state index is 0.240. The van der Waals surface area contributed by atoms with Gasteiger partial charge in [-0.25, -0.2) is 9.97 Å². The van der Waals surface area contributed by atoms with Crippen molar-refractivity contribution in [2.75, 3.05) is 11.9 Å². The highest BCUT2D eigenvalue weighted by molar-refractivity contribution is 5.94. The Morgan fingerprint density at radius 2 is 2.25 bits per heavy atom. The van der Waals surface area contributed by atoms with E-state index >= 15 is 0 Å². The Morgan fingerprint density at radius 1 is 1.50 bits per heavy atom. The van der Waals surface area contributed by atoms with Crippen LogP contribution in [0.5, 0.6) is 0 Å². The molecule has 110 valence electrons. The number of rotatable bonds is 6. The first-order valence-electron chi connectivity index (χ1n) is 7.16. The first-order valence-corrected chi connectivity index (χ1v) is 7.16. The van der Waals surface area contributed by atoms with Crippen LogP contribution in [0.25, 0.3) is 0 Å². The fourth-order valence-corrected chi connectivity index (χ4v) is 2.01. The fourth-order valence-electron chi connectivity index (χ4n) is 2.01. The van der Waals surface area contributed by atoms with Gasteiger partial charge in [0.1, 0.15) is 17.8 Å². The summed E-state index contributed by atoms with van der Waals surface area (Å²) in [5, 5.41) is 15.5. The van der Waals surface area contributed by atoms with Crippen molar-refractivity contribution in [3.63, 3.8) is 0 Å². The molecule has 3 N–H and O–H groups in total. The van der Waals surface area contributed by atoms with Crippen molar-refractivity contribution < 1.29 is 9.90 Å². The number of aliphatic hydroxyl groups is 1. The second kappa shape index (κ2) is 6.65. The Bertz CT molecular complexity index is 474. The molecule has 0 aromatic carbocycles. The molecule has 0 aliphatic heterocycles. The summed E-state index contributed by atoms with van der Waals surface area (Å²) in [5.74, 6) is 0.458. The lowest BCUT2D eigenvalue weighted by atomic mass is 9.93. The number of aromatic nitrogens is 2. The molecule has 1 aliphatic rings. The zero-order chi connectivity index (χ0) is 14.5. The minimum atomic E-state index is -0.520. The molecule has 1 heterocycles. The number of anilines is 1. The van der Waals surface area contributed by atoms with Crippen LogP contribution < -0.4 is 10.6 Å². The standard InChI is InChI=1S/C14H22N4O2/c1-3-11(19)7-15-14(20)12-9(2)13(17-8-16-12)18-10-5-4-6-10/h8,10-11,19H,3-7H2,1-2H3,(H,15,20)(H,16,17,18)/t11-/m1/s1. The van der Waals surface area contributed by atoms with Crippen LogP contribution in [-0.2, 0) is 0 Å². The van der Waals surface area contributed by atoms with Gasteiger partial charge >= 0.3 is 0 Å². The van der Waals surface area contributed by atoms with Crippen molar-refractivity contribution in [3.05, 3.63) is 17.6 Å². The summed E-state index contributed by atoms with van der Waals surface area (Å²) in [6.45, 7) is 3.95. The number of nitrogens with one attached hydrogen (secondary N) is 2. The molecule has 1 saturated carbocycles. The van der Waals surface area contributed by atoms with Crippen molar-refractivity contribution in [1.29, 1.82) is 0 Å². The van der Waals surface area contributed by atoms with E-state index in [0.717, 1.165) is 24.2 Å². The van der Waals surface area contributed by atoms with Gasteiger partial charge in [0.2, 0.25) is 0 Å². The van der Waals surface area contributed by atoms with Gasteiger partial charge in [-0.1, -0.05) is 6.92 Å². The van der Waals surface area contributed by atoms with Crippen LogP contribution in [0.2, 0.25) is 0 Å². The third kappa shape index (κ3) is 3.45. The molecule has 0 radical (unpaired) electrons. The summed E-state index contributed by atoms with van der Waals surface area (Å²) in [7, 11) is 0. The van der Waals surface area contributed by atoms with Crippen molar-refractivity contribution in [2.45, 2.75) is 51.7 Å². The van der Waals surface area contributed by atoms with Gasteiger partial charge in [0.05, 0.1) is 6.10 Å². The number of amides is 1. The van der Waals surface area contributed by atoms with Crippen molar-refractivity contribution in [2.24, 2.45) is 0 Å². The van der Waals surface area contributed by atoms with Crippen LogP contribution in [0.1, 0.15) is 48.7 Å². The molecule has 0 spiro atoms. The molecule has 1 aliphatic carbocycles. The highest BCUT2D eigenvalue weighted by atomic mass is 16.3. The second-order valence-electron chi connectivity index (χ2n) is 5.24. The highest BCUT2D eigenvalue weighted by Crippen LogP contribution is 2.24. The number of hydrogen-bond acceptors (Lipinski definition) is 5. The zero-order valence-electron chi connectivity index (χ0n) is 12.0. The lowest BCUT2D eigenvalue weighted by Gasteiger charge is -2.27. The molecular weight excluding hydrogens is 256 g/mol. The van der Waals surface area contributed by atoms with Gasteiger partial charge in [-0.2, -0.15) is 0 Å². The number of nitrogens with zero attached hydrogens (tertiary/aromatic N) is 2. The summed E-state index contributed by atoms with van der Waals surface area (Å²) in [6, 6.07) is 0.460. The lowest BCUT2D eigenvalue weighted by Crippen LogP contribution is -2.33. The molecule has 2 rings (SSSR count). The van der Waals surface area contributed by atoms with Crippen molar-refractivity contribution in [1.82, 2.24) is 15.3 Å². The van der Waals surface area contributed by atoms with Crippen LogP contribution in [0, 0.1) is 6.92 Å². The molecule has 1 aromatic heterocycles. The number of hydrogen-bond donors (Lipinski definition) is 3. The maximum atomic E-state index is 12.1. The third-order valence-corrected chi connectivity index (χ3v) is 3.71. The van der Waals surface area contributed by atoms with Gasteiger partial charge in [-0.05, 0) is 32.6 Å². The van der Waals surface area contributed by atoms with Gasteiger partial charge < -0.3 is 15.7 Å². The van der Waals surface area contributed by atoms with Gasteiger partial charge in [0.15, 0.2) is 0 Å². The second-order valence-corrected chi connectivity index (χ2v) is 5.24. The molecule has 6 nitrogen and oxygen atoms in total. The molecule has 1 atom stereocenters. The van der Waals surface area contributed by atoms with Gasteiger partial charge in [0.25, 0.3) is 5.91 Å². The van der Waals surface area contributed by atoms with E-state index in [1.54, 1.807) is 0 Å². The van der Waals surface area contributed by atoms with Crippen LogP contribution in [0.4, 0.5) is 5.82 Å². The summed E-state index contributed by atoms with van der Waals surface area (Å²) in [6.07, 6.45) is 5.02. The maximum Gasteiger partial charge on any atom is 0.270 e. The number of aliphatic hydroxyl groups excluding tert-OH is 1. The van der Waals surface area contributed by atoms with Crippen molar-refractivity contribution >= 4 is 11.7 Å². The van der Waals surface area contributed by atoms with Gasteiger partial charge in [0, 0.05) is 18.2 Å². The number of carbonyl (C=O) groups is 1. The van der Waals surface area contributed by atoms with E-state index in [-0.39, 0.29) is 12.5 Å². The van der Waals surface area contributed by atoms with E-state index in [1.807, 2.05) is 13.8 Å². The largest absolute Gasteiger partial charge is 0.391 e. The topological polar surface area (TPSA) is 87.1 Å². The van der Waals surface area contributed by atoms with Crippen LogP contribution in [0.3, 0.4) is 0 Å². The maximum absolute atomic E-state index is 12.1. The van der Waals surface area contributed by atoms with Crippen molar-refractivity contribution in [3.8, 4) is 0 Å². The van der Waals surface area contributed by atoms with Crippen LogP contribution in [-0.4, -0.2) is 39.7 Å². The molecule has 20 heavy (non-hydrogen) atoms. The number of carbonyl (C=O) groups excluding carboxylic acids is 1. The Morgan fingerprint density at radius 3 is 2.85 bits per heavy atom. The van der Waals surface area contributed by atoms with E-state index in [1.165, 1.54) is 12.7 Å². The molecule has 1 aromatic rings. The first-order chi connectivity index (χ1) is 9.61. The van der Waals surface area contributed by atoms with E-state index in [2.05, 4.69) is 20.6 Å². The Hall–Kier alpha value is -1.69. The summed E-state index contributed by atoms with van der Waals surface area (Å²) < 4.78 is 0. The Balaban J connectivity index is 2.03. The normalized spacial score (nSPS) is 16.4. The Kier molecular flexibility index (Phi) is 4.89. The smallest absolute Gasteiger partial charge is 0.270 e. The van der Waals surface area contributed by atoms with E-state index in [9.17, 15) is 9.90 Å². The average Bonchev–Trinajstić information content (AvgIpc) is 2.41. The molecule has 6 heteroatoms. The fraction of sp³-hybridized carbons (Fsp3) is 0.643. The van der Waals surface area contributed by atoms with E-state index in [0.29, 0.717) is 18.2 Å². The van der Waals surface area contributed by atoms with Crippen LogP contribution >= 0.6 is 0 Å². The molecule has 0 unspecified atom stereocenters. The van der Waals surface area contributed by atoms with Gasteiger partial charge in [-0.3, -0.25) is 4.79 Å². The average molecular weight is 278 g/mol. The highest BCUT2D eigenvalue weighted by Gasteiger charge is 2.20. The molecular formula is C14H22N4O2. The quantitative estimate of drug-likeness (QED) is 0.729. The third-order valence-electron chi connectivity index (χ3n) is 3.71. The molecule has 1 amide bonds. The SMILES string of the molecule is CC[C@@H](O)CNC(=O)c1ncnc(NC2CCC2)c1C. The monoisotopic (exact) mass is 278 g/mol. The molecule has 0 saturated heterocycles.